The van der Waals surface area contributed by atoms with E-state index in [0.29, 0.717) is 30.5 Å². The van der Waals surface area contributed by atoms with Gasteiger partial charge in [-0.25, -0.2) is 9.78 Å². The summed E-state index contributed by atoms with van der Waals surface area (Å²) in [5, 5.41) is 3.43. The van der Waals surface area contributed by atoms with E-state index in [1.165, 1.54) is 0 Å². The summed E-state index contributed by atoms with van der Waals surface area (Å²) in [5.41, 5.74) is 1.62. The van der Waals surface area contributed by atoms with Crippen LogP contribution in [0.3, 0.4) is 0 Å². The fraction of sp³-hybridized carbons (Fsp3) is 0.650. The SMILES string of the molecule is CCOC(=O)C1(NC(=O)Cc2c(C)cc(Cl)nc2C)CCC(CC)CC1. The maximum absolute atomic E-state index is 12.8. The summed E-state index contributed by atoms with van der Waals surface area (Å²) in [4.78, 5) is 29.6. The fourth-order valence-corrected chi connectivity index (χ4v) is 4.07. The second-order valence-electron chi connectivity index (χ2n) is 7.20. The van der Waals surface area contributed by atoms with Gasteiger partial charge in [-0.05, 0) is 69.6 Å². The van der Waals surface area contributed by atoms with Crippen LogP contribution in [0.5, 0.6) is 0 Å². The Kier molecular flexibility index (Phi) is 7.04. The first-order chi connectivity index (χ1) is 12.3. The van der Waals surface area contributed by atoms with Gasteiger partial charge in [0.25, 0.3) is 0 Å². The molecule has 2 rings (SSSR count). The van der Waals surface area contributed by atoms with E-state index in [1.54, 1.807) is 13.0 Å². The van der Waals surface area contributed by atoms with Gasteiger partial charge in [0.05, 0.1) is 13.0 Å². The van der Waals surface area contributed by atoms with Gasteiger partial charge in [0.1, 0.15) is 10.7 Å². The smallest absolute Gasteiger partial charge is 0.331 e. The molecule has 26 heavy (non-hydrogen) atoms. The summed E-state index contributed by atoms with van der Waals surface area (Å²) >= 11 is 5.97. The molecule has 1 aromatic rings. The summed E-state index contributed by atoms with van der Waals surface area (Å²) in [6.45, 7) is 8.02. The summed E-state index contributed by atoms with van der Waals surface area (Å²) in [6, 6.07) is 1.75. The number of nitrogens with one attached hydrogen (secondary N) is 1. The number of hydrogen-bond donors (Lipinski definition) is 1. The molecule has 5 nitrogen and oxygen atoms in total. The Balaban J connectivity index is 2.15. The molecule has 0 unspecified atom stereocenters. The summed E-state index contributed by atoms with van der Waals surface area (Å²) < 4.78 is 5.28. The van der Waals surface area contributed by atoms with Gasteiger partial charge in [0, 0.05) is 5.69 Å². The second kappa shape index (κ2) is 8.85. The lowest BCUT2D eigenvalue weighted by Crippen LogP contribution is -2.57. The average Bonchev–Trinajstić information content (AvgIpc) is 2.59. The summed E-state index contributed by atoms with van der Waals surface area (Å²) in [7, 11) is 0. The minimum atomic E-state index is -0.902. The number of rotatable bonds is 6. The number of carbonyl (C=O) groups excluding carboxylic acids is 2. The Labute approximate surface area is 160 Å². The molecule has 0 aromatic carbocycles. The van der Waals surface area contributed by atoms with Crippen LogP contribution in [0, 0.1) is 19.8 Å². The van der Waals surface area contributed by atoms with Gasteiger partial charge in [0.15, 0.2) is 0 Å². The number of esters is 1. The Morgan fingerprint density at radius 3 is 2.50 bits per heavy atom. The first-order valence-corrected chi connectivity index (χ1v) is 9.80. The third kappa shape index (κ3) is 4.76. The normalized spacial score (nSPS) is 22.7. The van der Waals surface area contributed by atoms with Crippen LogP contribution >= 0.6 is 11.6 Å². The molecule has 144 valence electrons. The van der Waals surface area contributed by atoms with Crippen LogP contribution in [0.15, 0.2) is 6.07 Å². The predicted molar refractivity (Wildman–Crippen MR) is 102 cm³/mol. The van der Waals surface area contributed by atoms with Gasteiger partial charge in [0.2, 0.25) is 5.91 Å². The lowest BCUT2D eigenvalue weighted by atomic mass is 9.75. The highest BCUT2D eigenvalue weighted by Crippen LogP contribution is 2.35. The molecule has 0 spiro atoms. The summed E-state index contributed by atoms with van der Waals surface area (Å²) in [5.74, 6) is 0.119. The molecular formula is C20H29ClN2O3. The van der Waals surface area contributed by atoms with Crippen molar-refractivity contribution >= 4 is 23.5 Å². The Morgan fingerprint density at radius 1 is 1.31 bits per heavy atom. The monoisotopic (exact) mass is 380 g/mol. The predicted octanol–water partition coefficient (Wildman–Crippen LogP) is 3.91. The summed E-state index contributed by atoms with van der Waals surface area (Å²) in [6.07, 6.45) is 4.40. The highest BCUT2D eigenvalue weighted by Gasteiger charge is 2.44. The molecule has 1 fully saturated rings. The highest BCUT2D eigenvalue weighted by molar-refractivity contribution is 6.29. The standard InChI is InChI=1S/C20H29ClN2O3/c1-5-15-7-9-20(10-8-15,19(25)26-6-2)23-18(24)12-16-13(3)11-17(21)22-14(16)4/h11,15H,5-10,12H2,1-4H3,(H,23,24). The van der Waals surface area contributed by atoms with Crippen molar-refractivity contribution in [2.75, 3.05) is 6.61 Å². The Hall–Kier alpha value is -1.62. The molecule has 1 amide bonds. The molecule has 0 bridgehead atoms. The van der Waals surface area contributed by atoms with Crippen LogP contribution in [0.25, 0.3) is 0 Å². The lowest BCUT2D eigenvalue weighted by molar-refractivity contribution is -0.155. The van der Waals surface area contributed by atoms with Gasteiger partial charge in [-0.2, -0.15) is 0 Å². The topological polar surface area (TPSA) is 68.3 Å². The van der Waals surface area contributed by atoms with E-state index >= 15 is 0 Å². The molecule has 6 heteroatoms. The van der Waals surface area contributed by atoms with Crippen molar-refractivity contribution in [2.24, 2.45) is 5.92 Å². The molecule has 1 aliphatic carbocycles. The third-order valence-electron chi connectivity index (χ3n) is 5.44. The molecule has 0 radical (unpaired) electrons. The van der Waals surface area contributed by atoms with Crippen LogP contribution in [0.2, 0.25) is 5.15 Å². The van der Waals surface area contributed by atoms with E-state index in [9.17, 15) is 9.59 Å². The van der Waals surface area contributed by atoms with Crippen molar-refractivity contribution in [1.29, 1.82) is 0 Å². The van der Waals surface area contributed by atoms with Crippen LogP contribution in [0.4, 0.5) is 0 Å². The molecular weight excluding hydrogens is 352 g/mol. The van der Waals surface area contributed by atoms with Crippen LogP contribution in [0.1, 0.15) is 62.8 Å². The molecule has 1 aromatic heterocycles. The third-order valence-corrected chi connectivity index (χ3v) is 5.63. The number of ether oxygens (including phenoxy) is 1. The van der Waals surface area contributed by atoms with E-state index in [0.717, 1.165) is 36.1 Å². The van der Waals surface area contributed by atoms with Crippen LogP contribution in [-0.4, -0.2) is 29.0 Å². The number of pyridine rings is 1. The van der Waals surface area contributed by atoms with Crippen LogP contribution in [-0.2, 0) is 20.7 Å². The zero-order valence-electron chi connectivity index (χ0n) is 16.2. The van der Waals surface area contributed by atoms with Gasteiger partial charge in [-0.1, -0.05) is 24.9 Å². The van der Waals surface area contributed by atoms with Crippen molar-refractivity contribution in [1.82, 2.24) is 10.3 Å². The molecule has 1 heterocycles. The number of halogens is 1. The first-order valence-electron chi connectivity index (χ1n) is 9.42. The quantitative estimate of drug-likeness (QED) is 0.600. The van der Waals surface area contributed by atoms with Gasteiger partial charge >= 0.3 is 5.97 Å². The first kappa shape index (κ1) is 20.7. The van der Waals surface area contributed by atoms with E-state index < -0.39 is 5.54 Å². The molecule has 1 saturated carbocycles. The number of aryl methyl sites for hydroxylation is 2. The van der Waals surface area contributed by atoms with Crippen molar-refractivity contribution in [2.45, 2.75) is 71.8 Å². The fourth-order valence-electron chi connectivity index (χ4n) is 3.78. The molecule has 1 N–H and O–H groups in total. The van der Waals surface area contributed by atoms with E-state index in [2.05, 4.69) is 17.2 Å². The van der Waals surface area contributed by atoms with E-state index in [1.807, 2.05) is 13.8 Å². The van der Waals surface area contributed by atoms with Gasteiger partial charge in [-0.3, -0.25) is 4.79 Å². The maximum atomic E-state index is 12.8. The molecule has 0 atom stereocenters. The molecule has 1 aliphatic rings. The number of nitrogens with zero attached hydrogens (tertiary/aromatic N) is 1. The van der Waals surface area contributed by atoms with Crippen molar-refractivity contribution in [3.8, 4) is 0 Å². The van der Waals surface area contributed by atoms with E-state index in [-0.39, 0.29) is 18.3 Å². The minimum absolute atomic E-state index is 0.177. The molecule has 0 saturated heterocycles. The number of amides is 1. The van der Waals surface area contributed by atoms with Crippen molar-refractivity contribution in [3.63, 3.8) is 0 Å². The number of hydrogen-bond acceptors (Lipinski definition) is 4. The van der Waals surface area contributed by atoms with Gasteiger partial charge < -0.3 is 10.1 Å². The lowest BCUT2D eigenvalue weighted by Gasteiger charge is -2.38. The Bertz CT molecular complexity index is 644. The van der Waals surface area contributed by atoms with Crippen LogP contribution < -0.4 is 5.32 Å². The minimum Gasteiger partial charge on any atom is -0.464 e. The second-order valence-corrected chi connectivity index (χ2v) is 7.59. The van der Waals surface area contributed by atoms with Crippen molar-refractivity contribution < 1.29 is 14.3 Å². The highest BCUT2D eigenvalue weighted by atomic mass is 35.5. The molecule has 0 aliphatic heterocycles. The Morgan fingerprint density at radius 2 is 1.96 bits per heavy atom. The van der Waals surface area contributed by atoms with Crippen molar-refractivity contribution in [3.05, 3.63) is 28.0 Å². The zero-order valence-corrected chi connectivity index (χ0v) is 16.9. The van der Waals surface area contributed by atoms with E-state index in [4.69, 9.17) is 16.3 Å². The zero-order chi connectivity index (χ0) is 19.3. The number of aromatic nitrogens is 1. The largest absolute Gasteiger partial charge is 0.464 e. The number of carbonyl (C=O) groups is 2. The van der Waals surface area contributed by atoms with Gasteiger partial charge in [-0.15, -0.1) is 0 Å². The average molecular weight is 381 g/mol. The maximum Gasteiger partial charge on any atom is 0.331 e.